The van der Waals surface area contributed by atoms with E-state index in [9.17, 15) is 4.79 Å². The van der Waals surface area contributed by atoms with Crippen molar-refractivity contribution in [3.8, 4) is 11.5 Å². The molecule has 4 nitrogen and oxygen atoms in total. The summed E-state index contributed by atoms with van der Waals surface area (Å²) in [5.41, 5.74) is 2.48. The normalized spacial score (nSPS) is 10.2. The lowest BCUT2D eigenvalue weighted by atomic mass is 10.2. The Hall–Kier alpha value is -2.14. The van der Waals surface area contributed by atoms with Gasteiger partial charge in [0, 0.05) is 5.75 Å². The molecular weight excluding hydrogens is 322 g/mol. The maximum Gasteiger partial charge on any atom is 0.230 e. The van der Waals surface area contributed by atoms with Gasteiger partial charge in [-0.05, 0) is 24.6 Å². The molecule has 0 aliphatic rings. The molecular formula is C19H23NO3S. The summed E-state index contributed by atoms with van der Waals surface area (Å²) >= 11 is 1.61. The van der Waals surface area contributed by atoms with Crippen LogP contribution in [-0.2, 0) is 10.5 Å². The van der Waals surface area contributed by atoms with Gasteiger partial charge in [0.15, 0.2) is 11.5 Å². The van der Waals surface area contributed by atoms with Gasteiger partial charge in [-0.1, -0.05) is 42.0 Å². The molecule has 0 unspecified atom stereocenters. The largest absolute Gasteiger partial charge is 0.493 e. The molecule has 5 heteroatoms. The second kappa shape index (κ2) is 9.88. The van der Waals surface area contributed by atoms with Gasteiger partial charge < -0.3 is 14.8 Å². The molecule has 0 radical (unpaired) electrons. The SMILES string of the molecule is COc1ccccc1OCCNC(=O)CSCc1ccc(C)cc1. The molecule has 128 valence electrons. The maximum absolute atomic E-state index is 11.8. The number of nitrogens with one attached hydrogen (secondary N) is 1. The number of para-hydroxylation sites is 2. The quantitative estimate of drug-likeness (QED) is 0.707. The fourth-order valence-corrected chi connectivity index (χ4v) is 2.90. The second-order valence-corrected chi connectivity index (χ2v) is 6.31. The lowest BCUT2D eigenvalue weighted by molar-refractivity contribution is -0.118. The van der Waals surface area contributed by atoms with E-state index in [2.05, 4.69) is 36.5 Å². The first-order chi connectivity index (χ1) is 11.7. The monoisotopic (exact) mass is 345 g/mol. The van der Waals surface area contributed by atoms with Crippen LogP contribution in [0.25, 0.3) is 0 Å². The predicted octanol–water partition coefficient (Wildman–Crippen LogP) is 3.43. The van der Waals surface area contributed by atoms with Gasteiger partial charge in [-0.25, -0.2) is 0 Å². The Bertz CT molecular complexity index is 643. The van der Waals surface area contributed by atoms with Crippen LogP contribution in [0, 0.1) is 6.92 Å². The lowest BCUT2D eigenvalue weighted by Crippen LogP contribution is -2.29. The van der Waals surface area contributed by atoms with E-state index in [-0.39, 0.29) is 5.91 Å². The van der Waals surface area contributed by atoms with Gasteiger partial charge in [0.05, 0.1) is 19.4 Å². The molecule has 0 heterocycles. The number of aryl methyl sites for hydroxylation is 1. The van der Waals surface area contributed by atoms with Crippen LogP contribution in [0.15, 0.2) is 48.5 Å². The van der Waals surface area contributed by atoms with Gasteiger partial charge in [-0.15, -0.1) is 11.8 Å². The third-order valence-electron chi connectivity index (χ3n) is 3.37. The van der Waals surface area contributed by atoms with Crippen LogP contribution in [0.3, 0.4) is 0 Å². The third-order valence-corrected chi connectivity index (χ3v) is 4.38. The molecule has 0 aliphatic carbocycles. The van der Waals surface area contributed by atoms with Crippen LogP contribution in [0.2, 0.25) is 0 Å². The zero-order valence-corrected chi connectivity index (χ0v) is 14.9. The number of rotatable bonds is 9. The van der Waals surface area contributed by atoms with Gasteiger partial charge in [0.2, 0.25) is 5.91 Å². The molecule has 0 bridgehead atoms. The average molecular weight is 345 g/mol. The smallest absolute Gasteiger partial charge is 0.230 e. The molecule has 2 aromatic carbocycles. The van der Waals surface area contributed by atoms with E-state index in [1.165, 1.54) is 11.1 Å². The minimum atomic E-state index is 0.0238. The highest BCUT2D eigenvalue weighted by molar-refractivity contribution is 7.99. The molecule has 24 heavy (non-hydrogen) atoms. The number of carbonyl (C=O) groups is 1. The maximum atomic E-state index is 11.8. The molecule has 0 spiro atoms. The summed E-state index contributed by atoms with van der Waals surface area (Å²) in [6, 6.07) is 15.8. The van der Waals surface area contributed by atoms with Crippen molar-refractivity contribution in [1.82, 2.24) is 5.32 Å². The van der Waals surface area contributed by atoms with Crippen molar-refractivity contribution in [3.05, 3.63) is 59.7 Å². The van der Waals surface area contributed by atoms with Gasteiger partial charge in [0.1, 0.15) is 6.61 Å². The second-order valence-electron chi connectivity index (χ2n) is 5.33. The first-order valence-electron chi connectivity index (χ1n) is 7.85. The van der Waals surface area contributed by atoms with Crippen molar-refractivity contribution in [2.24, 2.45) is 0 Å². The Kier molecular flexibility index (Phi) is 7.49. The fourth-order valence-electron chi connectivity index (χ4n) is 2.09. The van der Waals surface area contributed by atoms with Crippen LogP contribution < -0.4 is 14.8 Å². The first-order valence-corrected chi connectivity index (χ1v) is 9.00. The molecule has 0 aliphatic heterocycles. The highest BCUT2D eigenvalue weighted by Crippen LogP contribution is 2.25. The van der Waals surface area contributed by atoms with E-state index in [0.717, 1.165) is 5.75 Å². The van der Waals surface area contributed by atoms with Crippen molar-refractivity contribution in [2.75, 3.05) is 26.0 Å². The Morgan fingerprint density at radius 2 is 1.79 bits per heavy atom. The van der Waals surface area contributed by atoms with E-state index in [1.54, 1.807) is 18.9 Å². The average Bonchev–Trinajstić information content (AvgIpc) is 2.61. The van der Waals surface area contributed by atoms with Crippen LogP contribution >= 0.6 is 11.8 Å². The van der Waals surface area contributed by atoms with Crippen molar-refractivity contribution in [1.29, 1.82) is 0 Å². The zero-order chi connectivity index (χ0) is 17.2. The molecule has 0 saturated carbocycles. The summed E-state index contributed by atoms with van der Waals surface area (Å²) in [6.07, 6.45) is 0. The number of carbonyl (C=O) groups excluding carboxylic acids is 1. The molecule has 0 aromatic heterocycles. The molecule has 2 aromatic rings. The lowest BCUT2D eigenvalue weighted by Gasteiger charge is -2.10. The first kappa shape index (κ1) is 18.2. The minimum Gasteiger partial charge on any atom is -0.493 e. The summed E-state index contributed by atoms with van der Waals surface area (Å²) in [5.74, 6) is 2.68. The molecule has 1 N–H and O–H groups in total. The van der Waals surface area contributed by atoms with Crippen LogP contribution in [-0.4, -0.2) is 31.9 Å². The summed E-state index contributed by atoms with van der Waals surface area (Å²) in [6.45, 7) is 2.95. The molecule has 0 fully saturated rings. The number of methoxy groups -OCH3 is 1. The fraction of sp³-hybridized carbons (Fsp3) is 0.316. The Morgan fingerprint density at radius 1 is 1.08 bits per heavy atom. The van der Waals surface area contributed by atoms with E-state index in [4.69, 9.17) is 9.47 Å². The Balaban J connectivity index is 1.60. The van der Waals surface area contributed by atoms with Gasteiger partial charge in [0.25, 0.3) is 0 Å². The van der Waals surface area contributed by atoms with Gasteiger partial charge >= 0.3 is 0 Å². The van der Waals surface area contributed by atoms with Gasteiger partial charge in [-0.2, -0.15) is 0 Å². The van der Waals surface area contributed by atoms with Crippen LogP contribution in [0.4, 0.5) is 0 Å². The predicted molar refractivity (Wildman–Crippen MR) is 98.8 cm³/mol. The summed E-state index contributed by atoms with van der Waals surface area (Å²) < 4.78 is 10.8. The number of thioether (sulfide) groups is 1. The molecule has 2 rings (SSSR count). The van der Waals surface area contributed by atoms with E-state index in [0.29, 0.717) is 30.4 Å². The molecule has 1 amide bonds. The molecule has 0 saturated heterocycles. The Labute approximate surface area is 147 Å². The number of benzene rings is 2. The molecule has 0 atom stereocenters. The Morgan fingerprint density at radius 3 is 2.50 bits per heavy atom. The van der Waals surface area contributed by atoms with Crippen molar-refractivity contribution >= 4 is 17.7 Å². The topological polar surface area (TPSA) is 47.6 Å². The zero-order valence-electron chi connectivity index (χ0n) is 14.1. The highest BCUT2D eigenvalue weighted by atomic mass is 32.2. The summed E-state index contributed by atoms with van der Waals surface area (Å²) in [7, 11) is 1.61. The van der Waals surface area contributed by atoms with Crippen molar-refractivity contribution < 1.29 is 14.3 Å². The third kappa shape index (κ3) is 6.16. The number of ether oxygens (including phenoxy) is 2. The standard InChI is InChI=1S/C19H23NO3S/c1-15-7-9-16(10-8-15)13-24-14-19(21)20-11-12-23-18-6-4-3-5-17(18)22-2/h3-10H,11-14H2,1-2H3,(H,20,21). The summed E-state index contributed by atoms with van der Waals surface area (Å²) in [5, 5.41) is 2.86. The van der Waals surface area contributed by atoms with Crippen LogP contribution in [0.1, 0.15) is 11.1 Å². The van der Waals surface area contributed by atoms with E-state index in [1.807, 2.05) is 24.3 Å². The van der Waals surface area contributed by atoms with Crippen molar-refractivity contribution in [2.45, 2.75) is 12.7 Å². The van der Waals surface area contributed by atoms with E-state index >= 15 is 0 Å². The number of hydrogen-bond acceptors (Lipinski definition) is 4. The van der Waals surface area contributed by atoms with Crippen LogP contribution in [0.5, 0.6) is 11.5 Å². The number of amides is 1. The highest BCUT2D eigenvalue weighted by Gasteiger charge is 2.04. The van der Waals surface area contributed by atoms with Crippen molar-refractivity contribution in [3.63, 3.8) is 0 Å². The summed E-state index contributed by atoms with van der Waals surface area (Å²) in [4.78, 5) is 11.8. The number of hydrogen-bond donors (Lipinski definition) is 1. The minimum absolute atomic E-state index is 0.0238. The van der Waals surface area contributed by atoms with E-state index < -0.39 is 0 Å². The van der Waals surface area contributed by atoms with Gasteiger partial charge in [-0.3, -0.25) is 4.79 Å².